The summed E-state index contributed by atoms with van der Waals surface area (Å²) in [5, 5.41) is 0. The van der Waals surface area contributed by atoms with E-state index in [1.165, 1.54) is 32.0 Å². The standard InChI is InChI=1S/C22H20O2S/c1-14-2-7-21(25-14)22(17-3-5-19-15(12-17)8-10-23-19)18-4-6-20-16(13-18)9-11-24-20/h2-7,12-13,22H,8-11H2,1H3. The van der Waals surface area contributed by atoms with Crippen LogP contribution in [0.25, 0.3) is 0 Å². The van der Waals surface area contributed by atoms with Gasteiger partial charge in [0, 0.05) is 28.5 Å². The monoisotopic (exact) mass is 348 g/mol. The first-order chi connectivity index (χ1) is 12.3. The molecule has 0 spiro atoms. The van der Waals surface area contributed by atoms with Crippen LogP contribution >= 0.6 is 11.3 Å². The normalized spacial score (nSPS) is 15.0. The summed E-state index contributed by atoms with van der Waals surface area (Å²) in [6.45, 7) is 3.79. The number of hydrogen-bond donors (Lipinski definition) is 0. The first-order valence-corrected chi connectivity index (χ1v) is 9.67. The van der Waals surface area contributed by atoms with Gasteiger partial charge in [-0.15, -0.1) is 11.3 Å². The molecule has 3 aromatic rings. The van der Waals surface area contributed by atoms with E-state index in [1.54, 1.807) is 0 Å². The van der Waals surface area contributed by atoms with E-state index in [4.69, 9.17) is 9.47 Å². The second kappa shape index (κ2) is 5.92. The fourth-order valence-electron chi connectivity index (χ4n) is 3.90. The minimum Gasteiger partial charge on any atom is -0.493 e. The second-order valence-corrected chi connectivity index (χ2v) is 8.13. The summed E-state index contributed by atoms with van der Waals surface area (Å²) in [4.78, 5) is 2.75. The zero-order valence-electron chi connectivity index (χ0n) is 14.2. The van der Waals surface area contributed by atoms with Crippen LogP contribution in [-0.2, 0) is 12.8 Å². The zero-order chi connectivity index (χ0) is 16.8. The summed E-state index contributed by atoms with van der Waals surface area (Å²) in [5.74, 6) is 2.37. The Bertz CT molecular complexity index is 883. The molecular formula is C22H20O2S. The molecule has 0 amide bonds. The summed E-state index contributed by atoms with van der Waals surface area (Å²) in [5.41, 5.74) is 5.37. The van der Waals surface area contributed by atoms with Gasteiger partial charge in [-0.25, -0.2) is 0 Å². The highest BCUT2D eigenvalue weighted by Crippen LogP contribution is 2.40. The molecule has 0 radical (unpaired) electrons. The van der Waals surface area contributed by atoms with Crippen molar-refractivity contribution in [3.05, 3.63) is 80.5 Å². The molecule has 0 saturated carbocycles. The number of aryl methyl sites for hydroxylation is 1. The van der Waals surface area contributed by atoms with Crippen LogP contribution in [0.3, 0.4) is 0 Å². The largest absolute Gasteiger partial charge is 0.493 e. The van der Waals surface area contributed by atoms with Crippen molar-refractivity contribution in [1.82, 2.24) is 0 Å². The van der Waals surface area contributed by atoms with Gasteiger partial charge in [-0.05, 0) is 53.4 Å². The first-order valence-electron chi connectivity index (χ1n) is 8.85. The number of ether oxygens (including phenoxy) is 2. The van der Waals surface area contributed by atoms with E-state index in [-0.39, 0.29) is 5.92 Å². The topological polar surface area (TPSA) is 18.5 Å². The predicted octanol–water partition coefficient (Wildman–Crippen LogP) is 5.11. The fourth-order valence-corrected chi connectivity index (χ4v) is 4.94. The Kier molecular flexibility index (Phi) is 3.56. The molecule has 3 heterocycles. The van der Waals surface area contributed by atoms with Crippen LogP contribution in [0.4, 0.5) is 0 Å². The van der Waals surface area contributed by atoms with Crippen molar-refractivity contribution in [2.75, 3.05) is 13.2 Å². The Labute approximate surface area is 152 Å². The predicted molar refractivity (Wildman–Crippen MR) is 101 cm³/mol. The maximum Gasteiger partial charge on any atom is 0.122 e. The minimum absolute atomic E-state index is 0.274. The van der Waals surface area contributed by atoms with Crippen molar-refractivity contribution in [2.45, 2.75) is 25.7 Å². The van der Waals surface area contributed by atoms with E-state index in [9.17, 15) is 0 Å². The molecule has 2 aliphatic rings. The molecule has 2 nitrogen and oxygen atoms in total. The molecule has 0 unspecified atom stereocenters. The zero-order valence-corrected chi connectivity index (χ0v) is 15.1. The van der Waals surface area contributed by atoms with Gasteiger partial charge in [0.1, 0.15) is 11.5 Å². The molecule has 1 aromatic heterocycles. The highest BCUT2D eigenvalue weighted by Gasteiger charge is 2.23. The molecule has 0 aliphatic carbocycles. The Morgan fingerprint density at radius 3 is 1.92 bits per heavy atom. The summed E-state index contributed by atoms with van der Waals surface area (Å²) in [7, 11) is 0. The van der Waals surface area contributed by atoms with Crippen molar-refractivity contribution < 1.29 is 9.47 Å². The number of hydrogen-bond acceptors (Lipinski definition) is 3. The lowest BCUT2D eigenvalue weighted by Gasteiger charge is -2.18. The van der Waals surface area contributed by atoms with Crippen molar-refractivity contribution in [1.29, 1.82) is 0 Å². The third-order valence-corrected chi connectivity index (χ3v) is 6.20. The van der Waals surface area contributed by atoms with Crippen molar-refractivity contribution in [2.24, 2.45) is 0 Å². The van der Waals surface area contributed by atoms with Crippen molar-refractivity contribution in [3.63, 3.8) is 0 Å². The molecule has 5 rings (SSSR count). The van der Waals surface area contributed by atoms with E-state index >= 15 is 0 Å². The molecule has 0 fully saturated rings. The van der Waals surface area contributed by atoms with Gasteiger partial charge in [0.15, 0.2) is 0 Å². The summed E-state index contributed by atoms with van der Waals surface area (Å²) >= 11 is 1.89. The number of rotatable bonds is 3. The third kappa shape index (κ3) is 2.63. The Morgan fingerprint density at radius 1 is 0.800 bits per heavy atom. The van der Waals surface area contributed by atoms with Gasteiger partial charge in [0.05, 0.1) is 13.2 Å². The summed E-state index contributed by atoms with van der Waals surface area (Å²) in [6.07, 6.45) is 2.02. The molecule has 0 atom stereocenters. The van der Waals surface area contributed by atoms with Crippen LogP contribution in [0.2, 0.25) is 0 Å². The van der Waals surface area contributed by atoms with Gasteiger partial charge >= 0.3 is 0 Å². The average molecular weight is 348 g/mol. The van der Waals surface area contributed by atoms with Crippen LogP contribution in [0, 0.1) is 6.92 Å². The first kappa shape index (κ1) is 15.0. The fraction of sp³-hybridized carbons (Fsp3) is 0.273. The molecule has 0 bridgehead atoms. The highest BCUT2D eigenvalue weighted by molar-refractivity contribution is 7.12. The number of benzene rings is 2. The SMILES string of the molecule is Cc1ccc(C(c2ccc3c(c2)CCO3)c2ccc3c(c2)CCO3)s1. The molecule has 0 saturated heterocycles. The summed E-state index contributed by atoms with van der Waals surface area (Å²) < 4.78 is 11.4. The van der Waals surface area contributed by atoms with Gasteiger partial charge < -0.3 is 9.47 Å². The van der Waals surface area contributed by atoms with E-state index in [0.29, 0.717) is 0 Å². The number of thiophene rings is 1. The lowest BCUT2D eigenvalue weighted by Crippen LogP contribution is -2.02. The van der Waals surface area contributed by atoms with E-state index in [0.717, 1.165) is 37.6 Å². The van der Waals surface area contributed by atoms with Crippen LogP contribution in [-0.4, -0.2) is 13.2 Å². The maximum absolute atomic E-state index is 5.70. The summed E-state index contributed by atoms with van der Waals surface area (Å²) in [6, 6.07) is 17.9. The quantitative estimate of drug-likeness (QED) is 0.655. The van der Waals surface area contributed by atoms with Crippen molar-refractivity contribution in [3.8, 4) is 11.5 Å². The van der Waals surface area contributed by atoms with Crippen LogP contribution in [0.5, 0.6) is 11.5 Å². The molecule has 126 valence electrons. The smallest absolute Gasteiger partial charge is 0.122 e. The highest BCUT2D eigenvalue weighted by atomic mass is 32.1. The lowest BCUT2D eigenvalue weighted by atomic mass is 9.87. The lowest BCUT2D eigenvalue weighted by molar-refractivity contribution is 0.356. The van der Waals surface area contributed by atoms with Gasteiger partial charge in [-0.2, -0.15) is 0 Å². The van der Waals surface area contributed by atoms with Gasteiger partial charge in [-0.1, -0.05) is 24.3 Å². The van der Waals surface area contributed by atoms with Gasteiger partial charge in [-0.3, -0.25) is 0 Å². The molecule has 2 aliphatic heterocycles. The van der Waals surface area contributed by atoms with Crippen LogP contribution < -0.4 is 9.47 Å². The molecule has 2 aromatic carbocycles. The van der Waals surface area contributed by atoms with E-state index in [1.807, 2.05) is 11.3 Å². The van der Waals surface area contributed by atoms with Crippen LogP contribution in [0.15, 0.2) is 48.5 Å². The minimum atomic E-state index is 0.274. The van der Waals surface area contributed by atoms with Gasteiger partial charge in [0.2, 0.25) is 0 Å². The van der Waals surface area contributed by atoms with E-state index in [2.05, 4.69) is 55.5 Å². The average Bonchev–Trinajstić information content (AvgIpc) is 3.35. The van der Waals surface area contributed by atoms with Crippen LogP contribution in [0.1, 0.15) is 37.9 Å². The van der Waals surface area contributed by atoms with E-state index < -0.39 is 0 Å². The Balaban J connectivity index is 1.64. The molecule has 3 heteroatoms. The Morgan fingerprint density at radius 2 is 1.40 bits per heavy atom. The maximum atomic E-state index is 5.70. The molecule has 25 heavy (non-hydrogen) atoms. The molecular weight excluding hydrogens is 328 g/mol. The van der Waals surface area contributed by atoms with Crippen molar-refractivity contribution >= 4 is 11.3 Å². The third-order valence-electron chi connectivity index (χ3n) is 5.14. The Hall–Kier alpha value is -2.26. The van der Waals surface area contributed by atoms with Gasteiger partial charge in [0.25, 0.3) is 0 Å². The number of fused-ring (bicyclic) bond motifs is 2. The second-order valence-electron chi connectivity index (χ2n) is 6.81. The molecule has 0 N–H and O–H groups in total.